The molecule has 0 aromatic heterocycles. The van der Waals surface area contributed by atoms with Crippen LogP contribution in [0.4, 0.5) is 4.79 Å². The minimum Gasteiger partial charge on any atom is -0.434 e. The first-order chi connectivity index (χ1) is 4.34. The molecular formula is C3H8NO5P. The zero-order chi connectivity index (χ0) is 8.36. The van der Waals surface area contributed by atoms with Crippen LogP contribution in [0.5, 0.6) is 0 Å². The minimum absolute atomic E-state index is 1.06. The van der Waals surface area contributed by atoms with Gasteiger partial charge in [-0.15, -0.1) is 0 Å². The van der Waals surface area contributed by atoms with Crippen LogP contribution in [0.25, 0.3) is 0 Å². The molecule has 1 amide bonds. The second-order valence-corrected chi connectivity index (χ2v) is 3.53. The Morgan fingerprint density at radius 3 is 2.20 bits per heavy atom. The summed E-state index contributed by atoms with van der Waals surface area (Å²) in [6.45, 7) is 1.06. The van der Waals surface area contributed by atoms with E-state index in [4.69, 9.17) is 9.79 Å². The van der Waals surface area contributed by atoms with Gasteiger partial charge in [0.15, 0.2) is 0 Å². The molecule has 60 valence electrons. The molecule has 1 unspecified atom stereocenters. The Hall–Kier alpha value is -0.580. The SMILES string of the molecule is CC(OC(N)=O)P(=O)(O)O. The first kappa shape index (κ1) is 9.42. The van der Waals surface area contributed by atoms with Crippen molar-refractivity contribution < 1.29 is 23.9 Å². The molecule has 10 heavy (non-hydrogen) atoms. The first-order valence-electron chi connectivity index (χ1n) is 2.35. The van der Waals surface area contributed by atoms with Crippen LogP contribution in [0.1, 0.15) is 6.92 Å². The molecule has 0 fully saturated rings. The normalized spacial score (nSPS) is 14.3. The topological polar surface area (TPSA) is 110 Å². The highest BCUT2D eigenvalue weighted by Crippen LogP contribution is 2.41. The van der Waals surface area contributed by atoms with Gasteiger partial charge in [-0.2, -0.15) is 0 Å². The summed E-state index contributed by atoms with van der Waals surface area (Å²) >= 11 is 0. The van der Waals surface area contributed by atoms with Gasteiger partial charge in [0.1, 0.15) is 0 Å². The third-order valence-electron chi connectivity index (χ3n) is 0.760. The van der Waals surface area contributed by atoms with E-state index in [1.807, 2.05) is 0 Å². The van der Waals surface area contributed by atoms with E-state index >= 15 is 0 Å². The predicted octanol–water partition coefficient (Wildman–Crippen LogP) is -0.395. The quantitative estimate of drug-likeness (QED) is 0.487. The highest BCUT2D eigenvalue weighted by Gasteiger charge is 2.26. The lowest BCUT2D eigenvalue weighted by Crippen LogP contribution is -2.20. The molecule has 0 saturated heterocycles. The van der Waals surface area contributed by atoms with Crippen molar-refractivity contribution in [2.75, 3.05) is 0 Å². The zero-order valence-corrected chi connectivity index (χ0v) is 6.12. The molecule has 0 aromatic rings. The maximum absolute atomic E-state index is 10.2. The van der Waals surface area contributed by atoms with Gasteiger partial charge in [0, 0.05) is 0 Å². The number of ether oxygens (including phenoxy) is 1. The fourth-order valence-corrected chi connectivity index (χ4v) is 0.478. The largest absolute Gasteiger partial charge is 0.434 e. The Kier molecular flexibility index (Phi) is 2.83. The highest BCUT2D eigenvalue weighted by molar-refractivity contribution is 7.52. The van der Waals surface area contributed by atoms with Gasteiger partial charge in [-0.1, -0.05) is 0 Å². The maximum Gasteiger partial charge on any atom is 0.405 e. The zero-order valence-electron chi connectivity index (χ0n) is 5.22. The molecule has 0 aliphatic carbocycles. The molecular weight excluding hydrogens is 161 g/mol. The van der Waals surface area contributed by atoms with E-state index in [1.54, 1.807) is 0 Å². The van der Waals surface area contributed by atoms with E-state index < -0.39 is 19.5 Å². The van der Waals surface area contributed by atoms with E-state index in [1.165, 1.54) is 0 Å². The third kappa shape index (κ3) is 3.45. The number of carbonyl (C=O) groups excluding carboxylic acids is 1. The summed E-state index contributed by atoms with van der Waals surface area (Å²) in [5.74, 6) is -1.47. The van der Waals surface area contributed by atoms with Crippen molar-refractivity contribution in [3.63, 3.8) is 0 Å². The van der Waals surface area contributed by atoms with Crippen LogP contribution in [-0.4, -0.2) is 21.7 Å². The van der Waals surface area contributed by atoms with E-state index in [0.29, 0.717) is 0 Å². The first-order valence-corrected chi connectivity index (χ1v) is 4.03. The van der Waals surface area contributed by atoms with Crippen molar-refractivity contribution in [1.29, 1.82) is 0 Å². The molecule has 0 aromatic carbocycles. The number of rotatable bonds is 2. The summed E-state index contributed by atoms with van der Waals surface area (Å²) in [5, 5.41) is 0. The molecule has 0 rings (SSSR count). The van der Waals surface area contributed by atoms with E-state index in [9.17, 15) is 9.36 Å². The molecule has 4 N–H and O–H groups in total. The van der Waals surface area contributed by atoms with E-state index in [2.05, 4.69) is 10.5 Å². The number of hydrogen-bond acceptors (Lipinski definition) is 3. The van der Waals surface area contributed by atoms with Crippen LogP contribution >= 0.6 is 7.60 Å². The summed E-state index contributed by atoms with van der Waals surface area (Å²) in [6, 6.07) is 0. The van der Waals surface area contributed by atoms with Crippen LogP contribution in [-0.2, 0) is 9.30 Å². The molecule has 0 heterocycles. The van der Waals surface area contributed by atoms with Gasteiger partial charge in [0.2, 0.25) is 5.85 Å². The number of carbonyl (C=O) groups is 1. The van der Waals surface area contributed by atoms with Crippen LogP contribution in [0.15, 0.2) is 0 Å². The summed E-state index contributed by atoms with van der Waals surface area (Å²) in [5.41, 5.74) is 4.49. The second-order valence-electron chi connectivity index (χ2n) is 1.63. The van der Waals surface area contributed by atoms with Crippen LogP contribution < -0.4 is 5.73 Å². The smallest absolute Gasteiger partial charge is 0.405 e. The van der Waals surface area contributed by atoms with Crippen molar-refractivity contribution in [1.82, 2.24) is 0 Å². The van der Waals surface area contributed by atoms with Crippen molar-refractivity contribution in [3.8, 4) is 0 Å². The Morgan fingerprint density at radius 1 is 1.70 bits per heavy atom. The van der Waals surface area contributed by atoms with Crippen molar-refractivity contribution in [2.24, 2.45) is 5.73 Å². The van der Waals surface area contributed by atoms with Gasteiger partial charge in [-0.05, 0) is 6.92 Å². The van der Waals surface area contributed by atoms with Gasteiger partial charge in [0.25, 0.3) is 0 Å². The molecule has 0 radical (unpaired) electrons. The Labute approximate surface area is 57.1 Å². The maximum atomic E-state index is 10.2. The van der Waals surface area contributed by atoms with Gasteiger partial charge < -0.3 is 20.3 Å². The summed E-state index contributed by atoms with van der Waals surface area (Å²) in [6.07, 6.45) is -1.20. The lowest BCUT2D eigenvalue weighted by molar-refractivity contribution is 0.134. The van der Waals surface area contributed by atoms with Gasteiger partial charge in [-0.3, -0.25) is 4.57 Å². The monoisotopic (exact) mass is 169 g/mol. The summed E-state index contributed by atoms with van der Waals surface area (Å²) in [7, 11) is -4.33. The number of hydrogen-bond donors (Lipinski definition) is 3. The van der Waals surface area contributed by atoms with Crippen molar-refractivity contribution in [3.05, 3.63) is 0 Å². The molecule has 1 atom stereocenters. The number of primary amides is 1. The molecule has 0 aliphatic heterocycles. The van der Waals surface area contributed by atoms with Crippen LogP contribution in [0.3, 0.4) is 0 Å². The molecule has 6 nitrogen and oxygen atoms in total. The van der Waals surface area contributed by atoms with Crippen LogP contribution in [0.2, 0.25) is 0 Å². The molecule has 0 bridgehead atoms. The van der Waals surface area contributed by atoms with Gasteiger partial charge in [-0.25, -0.2) is 4.79 Å². The average Bonchev–Trinajstić information content (AvgIpc) is 1.60. The standard InChI is InChI=1S/C3H8NO5P/c1-2(9-3(4)5)10(6,7)8/h2H,1H3,(H2,4,5)(H2,6,7,8). The summed E-state index contributed by atoms with van der Waals surface area (Å²) in [4.78, 5) is 26.5. The second kappa shape index (κ2) is 3.01. The highest BCUT2D eigenvalue weighted by atomic mass is 31.2. The third-order valence-corrected chi connectivity index (χ3v) is 1.81. The molecule has 0 saturated carbocycles. The molecule has 0 aliphatic rings. The predicted molar refractivity (Wildman–Crippen MR) is 32.2 cm³/mol. The Morgan fingerprint density at radius 2 is 2.10 bits per heavy atom. The van der Waals surface area contributed by atoms with Gasteiger partial charge >= 0.3 is 13.7 Å². The van der Waals surface area contributed by atoms with Crippen LogP contribution in [0, 0.1) is 0 Å². The molecule has 7 heteroatoms. The minimum atomic E-state index is -4.33. The van der Waals surface area contributed by atoms with E-state index in [0.717, 1.165) is 6.92 Å². The number of nitrogens with two attached hydrogens (primary N) is 1. The fourth-order valence-electron chi connectivity index (χ4n) is 0.237. The Bertz CT molecular complexity index is 174. The molecule has 0 spiro atoms. The Balaban J connectivity index is 3.98. The summed E-state index contributed by atoms with van der Waals surface area (Å²) < 4.78 is 14.2. The number of amides is 1. The van der Waals surface area contributed by atoms with E-state index in [-0.39, 0.29) is 0 Å². The fraction of sp³-hybridized carbons (Fsp3) is 0.667. The van der Waals surface area contributed by atoms with Gasteiger partial charge in [0.05, 0.1) is 0 Å². The van der Waals surface area contributed by atoms with Crippen molar-refractivity contribution in [2.45, 2.75) is 12.8 Å². The lowest BCUT2D eigenvalue weighted by atomic mass is 10.8. The average molecular weight is 169 g/mol. The lowest BCUT2D eigenvalue weighted by Gasteiger charge is -2.11. The van der Waals surface area contributed by atoms with Crippen molar-refractivity contribution >= 4 is 13.7 Å².